The van der Waals surface area contributed by atoms with E-state index in [1.165, 1.54) is 23.4 Å². The summed E-state index contributed by atoms with van der Waals surface area (Å²) in [6.45, 7) is 2.13. The van der Waals surface area contributed by atoms with Crippen LogP contribution in [-0.4, -0.2) is 38.9 Å². The number of benzene rings is 1. The van der Waals surface area contributed by atoms with E-state index >= 15 is 0 Å². The molecule has 1 aromatic carbocycles. The van der Waals surface area contributed by atoms with Crippen LogP contribution < -0.4 is 0 Å². The topological polar surface area (TPSA) is 69.4 Å². The molecule has 0 aliphatic carbocycles. The number of rotatable bonds is 6. The van der Waals surface area contributed by atoms with E-state index in [0.29, 0.717) is 13.0 Å². The third-order valence-electron chi connectivity index (χ3n) is 4.43. The normalized spacial score (nSPS) is 21.7. The number of ether oxygens (including phenoxy) is 2. The van der Waals surface area contributed by atoms with Crippen molar-refractivity contribution in [2.24, 2.45) is 0 Å². The number of aromatic nitrogens is 3. The first-order chi connectivity index (χ1) is 12.0. The van der Waals surface area contributed by atoms with Crippen LogP contribution in [0.3, 0.4) is 0 Å². The Kier molecular flexibility index (Phi) is 5.41. The molecule has 2 heterocycles. The zero-order valence-electron chi connectivity index (χ0n) is 13.9. The van der Waals surface area contributed by atoms with Crippen molar-refractivity contribution in [1.82, 2.24) is 14.8 Å². The average Bonchev–Trinajstić information content (AvgIpc) is 3.08. The van der Waals surface area contributed by atoms with Gasteiger partial charge in [-0.05, 0) is 32.3 Å². The Hall–Kier alpha value is -1.90. The summed E-state index contributed by atoms with van der Waals surface area (Å²) in [5.74, 6) is -1.56. The van der Waals surface area contributed by atoms with Crippen LogP contribution in [0.5, 0.6) is 0 Å². The number of hydrogen-bond acceptors (Lipinski definition) is 5. The third-order valence-corrected chi connectivity index (χ3v) is 4.43. The van der Waals surface area contributed by atoms with Gasteiger partial charge in [0.1, 0.15) is 29.9 Å². The largest absolute Gasteiger partial charge is 0.380 e. The molecule has 1 saturated heterocycles. The van der Waals surface area contributed by atoms with E-state index in [0.717, 1.165) is 25.0 Å². The van der Waals surface area contributed by atoms with Crippen molar-refractivity contribution >= 4 is 0 Å². The van der Waals surface area contributed by atoms with Gasteiger partial charge in [-0.1, -0.05) is 6.07 Å². The van der Waals surface area contributed by atoms with Crippen molar-refractivity contribution in [3.8, 4) is 0 Å². The van der Waals surface area contributed by atoms with Gasteiger partial charge in [0, 0.05) is 18.2 Å². The molecule has 0 spiro atoms. The van der Waals surface area contributed by atoms with Gasteiger partial charge in [0.25, 0.3) is 0 Å². The van der Waals surface area contributed by atoms with Crippen LogP contribution >= 0.6 is 0 Å². The summed E-state index contributed by atoms with van der Waals surface area (Å²) in [6, 6.07) is 3.07. The maximum Gasteiger partial charge on any atom is 0.158 e. The molecular formula is C17H21F2N3O3. The molecule has 0 saturated carbocycles. The van der Waals surface area contributed by atoms with Crippen molar-refractivity contribution in [3.63, 3.8) is 0 Å². The predicted molar refractivity (Wildman–Crippen MR) is 84.4 cm³/mol. The second kappa shape index (κ2) is 7.55. The molecule has 0 radical (unpaired) electrons. The van der Waals surface area contributed by atoms with Crippen LogP contribution in [0, 0.1) is 11.6 Å². The van der Waals surface area contributed by atoms with Gasteiger partial charge in [0.05, 0.1) is 12.6 Å². The second-order valence-electron chi connectivity index (χ2n) is 6.22. The summed E-state index contributed by atoms with van der Waals surface area (Å²) >= 11 is 0. The van der Waals surface area contributed by atoms with E-state index in [4.69, 9.17) is 9.47 Å². The Bertz CT molecular complexity index is 692. The van der Waals surface area contributed by atoms with Gasteiger partial charge in [0.15, 0.2) is 6.29 Å². The van der Waals surface area contributed by atoms with Crippen LogP contribution in [0.25, 0.3) is 0 Å². The minimum atomic E-state index is -1.77. The van der Waals surface area contributed by atoms with Crippen molar-refractivity contribution in [1.29, 1.82) is 0 Å². The van der Waals surface area contributed by atoms with E-state index in [1.54, 1.807) is 6.92 Å². The molecule has 25 heavy (non-hydrogen) atoms. The SMILES string of the molecule is CC(OC1CCCCO1)C(O)(Cn1cncn1)c1ccc(F)cc1F. The molecule has 1 N–H and O–H groups in total. The van der Waals surface area contributed by atoms with Gasteiger partial charge in [0.2, 0.25) is 0 Å². The molecule has 3 atom stereocenters. The lowest BCUT2D eigenvalue weighted by Gasteiger charge is -2.37. The van der Waals surface area contributed by atoms with Gasteiger partial charge in [-0.2, -0.15) is 5.10 Å². The average molecular weight is 353 g/mol. The Balaban J connectivity index is 1.89. The molecule has 8 heteroatoms. The quantitative estimate of drug-likeness (QED) is 0.863. The highest BCUT2D eigenvalue weighted by atomic mass is 19.1. The minimum absolute atomic E-state index is 0.0623. The molecule has 1 aromatic heterocycles. The fourth-order valence-corrected chi connectivity index (χ4v) is 2.99. The summed E-state index contributed by atoms with van der Waals surface area (Å²) in [4.78, 5) is 3.83. The fourth-order valence-electron chi connectivity index (χ4n) is 2.99. The standard InChI is InChI=1S/C17H21F2N3O3/c1-12(25-16-4-2-3-7-24-16)17(23,9-22-11-20-10-21-22)14-6-5-13(18)8-15(14)19/h5-6,8,10-12,16,23H,2-4,7,9H2,1H3. The van der Waals surface area contributed by atoms with Crippen molar-refractivity contribution in [2.75, 3.05) is 6.61 Å². The van der Waals surface area contributed by atoms with E-state index in [1.807, 2.05) is 0 Å². The molecule has 6 nitrogen and oxygen atoms in total. The molecule has 1 aliphatic heterocycles. The minimum Gasteiger partial charge on any atom is -0.380 e. The zero-order chi connectivity index (χ0) is 17.9. The second-order valence-corrected chi connectivity index (χ2v) is 6.22. The van der Waals surface area contributed by atoms with Gasteiger partial charge in [-0.25, -0.2) is 18.4 Å². The zero-order valence-corrected chi connectivity index (χ0v) is 13.9. The fraction of sp³-hybridized carbons (Fsp3) is 0.529. The molecule has 2 aromatic rings. The first kappa shape index (κ1) is 17.9. The molecule has 0 amide bonds. The highest BCUT2D eigenvalue weighted by Gasteiger charge is 2.41. The first-order valence-corrected chi connectivity index (χ1v) is 8.26. The monoisotopic (exact) mass is 353 g/mol. The van der Waals surface area contributed by atoms with Gasteiger partial charge < -0.3 is 14.6 Å². The predicted octanol–water partition coefficient (Wildman–Crippen LogP) is 2.38. The summed E-state index contributed by atoms with van der Waals surface area (Å²) in [7, 11) is 0. The molecule has 3 unspecified atom stereocenters. The lowest BCUT2D eigenvalue weighted by atomic mass is 9.88. The Morgan fingerprint density at radius 3 is 2.92 bits per heavy atom. The lowest BCUT2D eigenvalue weighted by Crippen LogP contribution is -2.46. The van der Waals surface area contributed by atoms with E-state index in [9.17, 15) is 13.9 Å². The van der Waals surface area contributed by atoms with Crippen molar-refractivity contribution in [2.45, 2.75) is 50.7 Å². The van der Waals surface area contributed by atoms with Crippen LogP contribution in [0.4, 0.5) is 8.78 Å². The number of aliphatic hydroxyl groups is 1. The van der Waals surface area contributed by atoms with Crippen LogP contribution in [-0.2, 0) is 21.6 Å². The van der Waals surface area contributed by atoms with Crippen molar-refractivity contribution < 1.29 is 23.4 Å². The van der Waals surface area contributed by atoms with E-state index in [-0.39, 0.29) is 12.1 Å². The van der Waals surface area contributed by atoms with Gasteiger partial charge in [-0.15, -0.1) is 0 Å². The number of hydrogen-bond donors (Lipinski definition) is 1. The molecular weight excluding hydrogens is 332 g/mol. The molecule has 0 bridgehead atoms. The molecule has 3 rings (SSSR count). The van der Waals surface area contributed by atoms with Crippen molar-refractivity contribution in [3.05, 3.63) is 48.1 Å². The van der Waals surface area contributed by atoms with E-state index < -0.39 is 29.6 Å². The van der Waals surface area contributed by atoms with Crippen LogP contribution in [0.2, 0.25) is 0 Å². The number of halogens is 2. The summed E-state index contributed by atoms with van der Waals surface area (Å²) < 4.78 is 40.4. The van der Waals surface area contributed by atoms with Crippen LogP contribution in [0.1, 0.15) is 31.7 Å². The summed E-state index contributed by atoms with van der Waals surface area (Å²) in [5.41, 5.74) is -1.83. The Labute approximate surface area is 144 Å². The molecule has 1 aliphatic rings. The van der Waals surface area contributed by atoms with Gasteiger partial charge in [-0.3, -0.25) is 0 Å². The lowest BCUT2D eigenvalue weighted by molar-refractivity contribution is -0.229. The number of nitrogens with zero attached hydrogens (tertiary/aromatic N) is 3. The Morgan fingerprint density at radius 2 is 2.28 bits per heavy atom. The van der Waals surface area contributed by atoms with Gasteiger partial charge >= 0.3 is 0 Å². The first-order valence-electron chi connectivity index (χ1n) is 8.26. The summed E-state index contributed by atoms with van der Waals surface area (Å²) in [5, 5.41) is 15.3. The molecule has 136 valence electrons. The highest BCUT2D eigenvalue weighted by molar-refractivity contribution is 5.26. The maximum absolute atomic E-state index is 14.4. The Morgan fingerprint density at radius 1 is 1.44 bits per heavy atom. The van der Waals surface area contributed by atoms with E-state index in [2.05, 4.69) is 10.1 Å². The maximum atomic E-state index is 14.4. The smallest absolute Gasteiger partial charge is 0.158 e. The third kappa shape index (κ3) is 4.02. The summed E-state index contributed by atoms with van der Waals surface area (Å²) in [6.07, 6.45) is 4.08. The molecule has 1 fully saturated rings. The van der Waals surface area contributed by atoms with Crippen LogP contribution in [0.15, 0.2) is 30.9 Å². The highest BCUT2D eigenvalue weighted by Crippen LogP contribution is 2.33.